The average Bonchev–Trinajstić information content (AvgIpc) is 2.03. The number of carbonyl (C=O) groups excluding carboxylic acids is 2. The first-order valence-electron chi connectivity index (χ1n) is 4.06. The Morgan fingerprint density at radius 1 is 0.923 bits per heavy atom. The Labute approximate surface area is 78.7 Å². The van der Waals surface area contributed by atoms with Crippen LogP contribution in [-0.4, -0.2) is 62.9 Å². The van der Waals surface area contributed by atoms with E-state index in [1.165, 1.54) is 9.80 Å². The van der Waals surface area contributed by atoms with Gasteiger partial charge in [-0.15, -0.1) is 0 Å². The van der Waals surface area contributed by atoms with E-state index in [4.69, 9.17) is 0 Å². The molecule has 0 aromatic carbocycles. The van der Waals surface area contributed by atoms with Crippen molar-refractivity contribution < 1.29 is 9.59 Å². The molecule has 0 rings (SSSR count). The van der Waals surface area contributed by atoms with Crippen LogP contribution in [-0.2, 0) is 9.59 Å². The Bertz CT molecular complexity index is 170. The molecule has 0 heterocycles. The van der Waals surface area contributed by atoms with E-state index in [9.17, 15) is 9.59 Å². The minimum Gasteiger partial charge on any atom is -0.348 e. The van der Waals surface area contributed by atoms with E-state index in [1.54, 1.807) is 28.2 Å². The van der Waals surface area contributed by atoms with Crippen LogP contribution in [0.3, 0.4) is 0 Å². The van der Waals surface area contributed by atoms with Gasteiger partial charge in [-0.2, -0.15) is 0 Å². The molecular weight excluding hydrogens is 170 g/mol. The monoisotopic (exact) mass is 187 g/mol. The van der Waals surface area contributed by atoms with E-state index >= 15 is 0 Å². The molecule has 0 aliphatic rings. The van der Waals surface area contributed by atoms with Crippen molar-refractivity contribution in [1.29, 1.82) is 0 Å². The third kappa shape index (κ3) is 5.19. The normalized spacial score (nSPS) is 9.54. The molecule has 0 saturated carbocycles. The average molecular weight is 187 g/mol. The number of nitrogens with zero attached hydrogens (tertiary/aromatic N) is 2. The molecule has 5 heteroatoms. The highest BCUT2D eigenvalue weighted by molar-refractivity contribution is 5.80. The maximum atomic E-state index is 11.0. The molecule has 2 amide bonds. The van der Waals surface area contributed by atoms with Crippen LogP contribution in [0.25, 0.3) is 0 Å². The van der Waals surface area contributed by atoms with Crippen molar-refractivity contribution in [2.24, 2.45) is 0 Å². The largest absolute Gasteiger partial charge is 0.348 e. The number of nitrogens with one attached hydrogen (secondary N) is 1. The van der Waals surface area contributed by atoms with Crippen LogP contribution in [0.2, 0.25) is 0 Å². The summed E-state index contributed by atoms with van der Waals surface area (Å²) in [5, 5.41) is 2.77. The van der Waals surface area contributed by atoms with Gasteiger partial charge in [0.15, 0.2) is 0 Å². The van der Waals surface area contributed by atoms with E-state index in [-0.39, 0.29) is 24.9 Å². The van der Waals surface area contributed by atoms with E-state index in [0.29, 0.717) is 0 Å². The molecule has 1 N–H and O–H groups in total. The van der Waals surface area contributed by atoms with Gasteiger partial charge in [0, 0.05) is 28.2 Å². The van der Waals surface area contributed by atoms with Crippen molar-refractivity contribution in [3.63, 3.8) is 0 Å². The van der Waals surface area contributed by atoms with Crippen LogP contribution in [0.1, 0.15) is 0 Å². The van der Waals surface area contributed by atoms with E-state index in [1.807, 2.05) is 0 Å². The second-order valence-electron chi connectivity index (χ2n) is 3.18. The molecule has 0 unspecified atom stereocenters. The first kappa shape index (κ1) is 11.9. The number of hydrogen-bond acceptors (Lipinski definition) is 3. The maximum absolute atomic E-state index is 11.0. The Kier molecular flexibility index (Phi) is 5.06. The minimum atomic E-state index is -0.0356. The molecule has 0 radical (unpaired) electrons. The zero-order chi connectivity index (χ0) is 10.4. The van der Waals surface area contributed by atoms with Crippen LogP contribution >= 0.6 is 0 Å². The predicted octanol–water partition coefficient (Wildman–Crippen LogP) is -1.25. The van der Waals surface area contributed by atoms with Crippen molar-refractivity contribution in [2.45, 2.75) is 0 Å². The molecule has 0 aromatic rings. The van der Waals surface area contributed by atoms with Crippen molar-refractivity contribution in [3.8, 4) is 0 Å². The van der Waals surface area contributed by atoms with Gasteiger partial charge in [-0.3, -0.25) is 14.9 Å². The Morgan fingerprint density at radius 2 is 1.23 bits per heavy atom. The first-order chi connectivity index (χ1) is 5.95. The smallest absolute Gasteiger partial charge is 0.236 e. The topological polar surface area (TPSA) is 52.7 Å². The molecule has 0 aliphatic heterocycles. The van der Waals surface area contributed by atoms with Gasteiger partial charge in [0.05, 0.1) is 13.1 Å². The molecule has 76 valence electrons. The molecule has 0 aliphatic carbocycles. The molecule has 0 aromatic heterocycles. The van der Waals surface area contributed by atoms with Crippen LogP contribution < -0.4 is 5.32 Å². The number of likely N-dealkylation sites (N-methyl/N-ethyl adjacent to an activating group) is 2. The summed E-state index contributed by atoms with van der Waals surface area (Å²) in [6.07, 6.45) is 0. The third-order valence-electron chi connectivity index (χ3n) is 1.55. The van der Waals surface area contributed by atoms with Crippen LogP contribution in [0, 0.1) is 0 Å². The highest BCUT2D eigenvalue weighted by Crippen LogP contribution is 1.78. The Balaban J connectivity index is 3.57. The van der Waals surface area contributed by atoms with Crippen molar-refractivity contribution in [2.75, 3.05) is 41.3 Å². The highest BCUT2D eigenvalue weighted by Gasteiger charge is 2.06. The number of rotatable bonds is 4. The zero-order valence-electron chi connectivity index (χ0n) is 8.63. The Morgan fingerprint density at radius 3 is 1.46 bits per heavy atom. The summed E-state index contributed by atoms with van der Waals surface area (Å²) in [5.74, 6) is -0.0712. The van der Waals surface area contributed by atoms with Gasteiger partial charge in [-0.25, -0.2) is 0 Å². The second kappa shape index (κ2) is 5.53. The van der Waals surface area contributed by atoms with Gasteiger partial charge in [0.1, 0.15) is 0 Å². The summed E-state index contributed by atoms with van der Waals surface area (Å²) in [4.78, 5) is 25.0. The molecule has 0 bridgehead atoms. The summed E-state index contributed by atoms with van der Waals surface area (Å²) in [6, 6.07) is 0. The molecule has 0 fully saturated rings. The van der Waals surface area contributed by atoms with Crippen LogP contribution in [0.5, 0.6) is 0 Å². The lowest BCUT2D eigenvalue weighted by Gasteiger charge is -2.13. The SMILES string of the molecule is CN(C)C(=O)CNCC(=O)N(C)C. The summed E-state index contributed by atoms with van der Waals surface area (Å²) in [5.41, 5.74) is 0. The van der Waals surface area contributed by atoms with Gasteiger partial charge < -0.3 is 9.80 Å². The van der Waals surface area contributed by atoms with Gasteiger partial charge in [0.2, 0.25) is 11.8 Å². The lowest BCUT2D eigenvalue weighted by atomic mass is 10.5. The van der Waals surface area contributed by atoms with Crippen LogP contribution in [0.15, 0.2) is 0 Å². The first-order valence-corrected chi connectivity index (χ1v) is 4.06. The molecule has 0 saturated heterocycles. The number of amides is 2. The lowest BCUT2D eigenvalue weighted by Crippen LogP contribution is -2.38. The van der Waals surface area contributed by atoms with Crippen molar-refractivity contribution in [3.05, 3.63) is 0 Å². The Hall–Kier alpha value is -1.10. The number of carbonyl (C=O) groups is 2. The van der Waals surface area contributed by atoms with E-state index in [2.05, 4.69) is 5.32 Å². The third-order valence-corrected chi connectivity index (χ3v) is 1.55. The maximum Gasteiger partial charge on any atom is 0.236 e. The molecule has 0 atom stereocenters. The lowest BCUT2D eigenvalue weighted by molar-refractivity contribution is -0.129. The van der Waals surface area contributed by atoms with Crippen molar-refractivity contribution in [1.82, 2.24) is 15.1 Å². The molecular formula is C8H17N3O2. The van der Waals surface area contributed by atoms with Gasteiger partial charge in [-0.1, -0.05) is 0 Å². The fraction of sp³-hybridized carbons (Fsp3) is 0.750. The van der Waals surface area contributed by atoms with Crippen LogP contribution in [0.4, 0.5) is 0 Å². The molecule has 13 heavy (non-hydrogen) atoms. The summed E-state index contributed by atoms with van der Waals surface area (Å²) >= 11 is 0. The van der Waals surface area contributed by atoms with Gasteiger partial charge >= 0.3 is 0 Å². The molecule has 0 spiro atoms. The standard InChI is InChI=1S/C8H17N3O2/c1-10(2)7(12)5-9-6-8(13)11(3)4/h9H,5-6H2,1-4H3. The zero-order valence-corrected chi connectivity index (χ0v) is 8.63. The summed E-state index contributed by atoms with van der Waals surface area (Å²) in [6.45, 7) is 0.402. The quantitative estimate of drug-likeness (QED) is 0.598. The summed E-state index contributed by atoms with van der Waals surface area (Å²) in [7, 11) is 6.71. The summed E-state index contributed by atoms with van der Waals surface area (Å²) < 4.78 is 0. The van der Waals surface area contributed by atoms with Crippen molar-refractivity contribution >= 4 is 11.8 Å². The highest BCUT2D eigenvalue weighted by atomic mass is 16.2. The van der Waals surface area contributed by atoms with E-state index in [0.717, 1.165) is 0 Å². The van der Waals surface area contributed by atoms with Gasteiger partial charge in [0.25, 0.3) is 0 Å². The molecule has 5 nitrogen and oxygen atoms in total. The minimum absolute atomic E-state index is 0.0356. The second-order valence-corrected chi connectivity index (χ2v) is 3.18. The fourth-order valence-corrected chi connectivity index (χ4v) is 0.593. The van der Waals surface area contributed by atoms with E-state index < -0.39 is 0 Å². The predicted molar refractivity (Wildman–Crippen MR) is 50.3 cm³/mol. The number of hydrogen-bond donors (Lipinski definition) is 1. The fourth-order valence-electron chi connectivity index (χ4n) is 0.593. The van der Waals surface area contributed by atoms with Gasteiger partial charge in [-0.05, 0) is 0 Å².